The number of rotatable bonds is 5. The summed E-state index contributed by atoms with van der Waals surface area (Å²) in [4.78, 5) is 27.9. The fraction of sp³-hybridized carbons (Fsp3) is 0.238. The molecule has 0 fully saturated rings. The minimum atomic E-state index is -0.0969. The van der Waals surface area contributed by atoms with Crippen molar-refractivity contribution in [3.05, 3.63) is 74.0 Å². The Bertz CT molecular complexity index is 1080. The van der Waals surface area contributed by atoms with Gasteiger partial charge in [0.2, 0.25) is 5.91 Å². The summed E-state index contributed by atoms with van der Waals surface area (Å²) < 4.78 is 0. The molecule has 0 saturated carbocycles. The fourth-order valence-corrected chi connectivity index (χ4v) is 3.91. The normalized spacial score (nSPS) is 11.0. The lowest BCUT2D eigenvalue weighted by Gasteiger charge is -2.10. The highest BCUT2D eigenvalue weighted by Crippen LogP contribution is 2.21. The summed E-state index contributed by atoms with van der Waals surface area (Å²) in [6.07, 6.45) is 0. The van der Waals surface area contributed by atoms with Crippen LogP contribution in [0.3, 0.4) is 0 Å². The first kappa shape index (κ1) is 19.5. The van der Waals surface area contributed by atoms with E-state index in [-0.39, 0.29) is 11.3 Å². The van der Waals surface area contributed by atoms with Crippen LogP contribution in [0.15, 0.2) is 41.2 Å². The Morgan fingerprint density at radius 2 is 1.89 bits per heavy atom. The Morgan fingerprint density at radius 3 is 2.67 bits per heavy atom. The molecule has 2 aromatic carbocycles. The average molecular weight is 401 g/mol. The second-order valence-corrected chi connectivity index (χ2v) is 8.09. The molecule has 0 bridgehead atoms. The van der Waals surface area contributed by atoms with E-state index in [4.69, 9.17) is 11.6 Å². The van der Waals surface area contributed by atoms with E-state index in [2.05, 4.69) is 16.4 Å². The predicted molar refractivity (Wildman–Crippen MR) is 115 cm³/mol. The molecular weight excluding hydrogens is 380 g/mol. The molecule has 1 heterocycles. The number of amides is 1. The van der Waals surface area contributed by atoms with Crippen LogP contribution in [0.25, 0.3) is 10.9 Å². The molecule has 3 aromatic rings. The second kappa shape index (κ2) is 8.19. The number of fused-ring (bicyclic) bond motifs is 1. The van der Waals surface area contributed by atoms with Crippen molar-refractivity contribution in [2.45, 2.75) is 26.5 Å². The van der Waals surface area contributed by atoms with Crippen molar-refractivity contribution < 1.29 is 4.79 Å². The molecule has 1 aromatic heterocycles. The van der Waals surface area contributed by atoms with Crippen LogP contribution in [0.2, 0.25) is 5.02 Å². The molecule has 0 saturated heterocycles. The summed E-state index contributed by atoms with van der Waals surface area (Å²) in [7, 11) is 0. The van der Waals surface area contributed by atoms with E-state index >= 15 is 0 Å². The first-order chi connectivity index (χ1) is 12.8. The highest BCUT2D eigenvalue weighted by Gasteiger charge is 2.09. The van der Waals surface area contributed by atoms with Gasteiger partial charge in [-0.1, -0.05) is 23.7 Å². The third-order valence-corrected chi connectivity index (χ3v) is 5.52. The lowest BCUT2D eigenvalue weighted by atomic mass is 10.1. The zero-order valence-electron chi connectivity index (χ0n) is 15.5. The van der Waals surface area contributed by atoms with Gasteiger partial charge in [-0.25, -0.2) is 0 Å². The zero-order chi connectivity index (χ0) is 19.6. The van der Waals surface area contributed by atoms with Crippen LogP contribution in [0, 0.1) is 20.8 Å². The van der Waals surface area contributed by atoms with Crippen LogP contribution in [-0.4, -0.2) is 16.6 Å². The Labute approximate surface area is 167 Å². The number of aromatic nitrogens is 1. The number of carbonyl (C=O) groups excluding carboxylic acids is 1. The smallest absolute Gasteiger partial charge is 0.234 e. The van der Waals surface area contributed by atoms with Gasteiger partial charge in [-0.2, -0.15) is 0 Å². The topological polar surface area (TPSA) is 62.0 Å². The number of carbonyl (C=O) groups is 1. The Hall–Kier alpha value is -2.24. The van der Waals surface area contributed by atoms with Crippen molar-refractivity contribution >= 4 is 45.9 Å². The molecule has 2 N–H and O–H groups in total. The minimum absolute atomic E-state index is 0.00477. The number of pyridine rings is 1. The maximum atomic E-state index is 12.4. The summed E-state index contributed by atoms with van der Waals surface area (Å²) >= 11 is 7.43. The minimum Gasteiger partial charge on any atom is -0.357 e. The second-order valence-electron chi connectivity index (χ2n) is 6.66. The summed E-state index contributed by atoms with van der Waals surface area (Å²) in [5.41, 5.74) is 5.48. The van der Waals surface area contributed by atoms with Gasteiger partial charge in [-0.15, -0.1) is 11.8 Å². The molecule has 6 heteroatoms. The van der Waals surface area contributed by atoms with Crippen LogP contribution >= 0.6 is 23.4 Å². The van der Waals surface area contributed by atoms with Gasteiger partial charge >= 0.3 is 0 Å². The van der Waals surface area contributed by atoms with Gasteiger partial charge in [0.05, 0.1) is 11.3 Å². The standard InChI is InChI=1S/C21H21ClN2O2S/c1-12-6-14(3)21-17(7-12)19(25)9-16(23-21)10-27-11-20(26)24-18-8-15(22)5-4-13(18)2/h4-9H,10-11H2,1-3H3,(H,23,25)(H,24,26). The van der Waals surface area contributed by atoms with E-state index in [1.807, 2.05) is 32.9 Å². The monoisotopic (exact) mass is 400 g/mol. The fourth-order valence-electron chi connectivity index (χ4n) is 3.01. The van der Waals surface area contributed by atoms with E-state index in [0.29, 0.717) is 21.9 Å². The maximum Gasteiger partial charge on any atom is 0.234 e. The van der Waals surface area contributed by atoms with Crippen LogP contribution < -0.4 is 10.7 Å². The summed E-state index contributed by atoms with van der Waals surface area (Å²) in [5.74, 6) is 0.750. The summed E-state index contributed by atoms with van der Waals surface area (Å²) in [5, 5.41) is 4.17. The van der Waals surface area contributed by atoms with E-state index in [0.717, 1.165) is 33.6 Å². The van der Waals surface area contributed by atoms with Gasteiger partial charge in [-0.05, 0) is 55.7 Å². The largest absolute Gasteiger partial charge is 0.357 e. The van der Waals surface area contributed by atoms with Gasteiger partial charge in [0.15, 0.2) is 5.43 Å². The Morgan fingerprint density at radius 1 is 1.11 bits per heavy atom. The van der Waals surface area contributed by atoms with Crippen molar-refractivity contribution in [3.63, 3.8) is 0 Å². The molecule has 0 radical (unpaired) electrons. The van der Waals surface area contributed by atoms with Gasteiger partial charge in [0, 0.05) is 33.6 Å². The summed E-state index contributed by atoms with van der Waals surface area (Å²) in [6.45, 7) is 5.89. The molecule has 0 aliphatic heterocycles. The van der Waals surface area contributed by atoms with Crippen molar-refractivity contribution in [2.24, 2.45) is 0 Å². The highest BCUT2D eigenvalue weighted by atomic mass is 35.5. The number of benzene rings is 2. The third kappa shape index (κ3) is 4.73. The van der Waals surface area contributed by atoms with Crippen molar-refractivity contribution in [1.29, 1.82) is 0 Å². The number of hydrogen-bond donors (Lipinski definition) is 2. The number of aromatic amines is 1. The molecule has 140 valence electrons. The molecule has 0 unspecified atom stereocenters. The van der Waals surface area contributed by atoms with Gasteiger partial charge in [-0.3, -0.25) is 9.59 Å². The number of nitrogens with one attached hydrogen (secondary N) is 2. The average Bonchev–Trinajstić information content (AvgIpc) is 2.59. The van der Waals surface area contributed by atoms with Crippen LogP contribution in [-0.2, 0) is 10.5 Å². The zero-order valence-corrected chi connectivity index (χ0v) is 17.1. The predicted octanol–water partition coefficient (Wildman–Crippen LogP) is 4.98. The van der Waals surface area contributed by atoms with E-state index in [9.17, 15) is 9.59 Å². The SMILES string of the molecule is Cc1cc(C)c2[nH]c(CSCC(=O)Nc3cc(Cl)ccc3C)cc(=O)c2c1. The summed E-state index contributed by atoms with van der Waals surface area (Å²) in [6, 6.07) is 11.0. The van der Waals surface area contributed by atoms with E-state index < -0.39 is 0 Å². The molecule has 0 atom stereocenters. The number of aryl methyl sites for hydroxylation is 3. The van der Waals surface area contributed by atoms with E-state index in [1.54, 1.807) is 18.2 Å². The van der Waals surface area contributed by atoms with Crippen molar-refractivity contribution in [2.75, 3.05) is 11.1 Å². The molecular formula is C21H21ClN2O2S. The molecule has 4 nitrogen and oxygen atoms in total. The Balaban J connectivity index is 1.66. The number of H-pyrrole nitrogens is 1. The molecule has 3 rings (SSSR count). The van der Waals surface area contributed by atoms with Gasteiger partial charge in [0.25, 0.3) is 0 Å². The van der Waals surface area contributed by atoms with Crippen molar-refractivity contribution in [3.8, 4) is 0 Å². The van der Waals surface area contributed by atoms with Crippen LogP contribution in [0.1, 0.15) is 22.4 Å². The molecule has 0 aliphatic rings. The number of anilines is 1. The van der Waals surface area contributed by atoms with Gasteiger partial charge < -0.3 is 10.3 Å². The molecule has 0 spiro atoms. The number of halogens is 1. The molecule has 27 heavy (non-hydrogen) atoms. The first-order valence-electron chi connectivity index (χ1n) is 8.60. The van der Waals surface area contributed by atoms with Crippen LogP contribution in [0.5, 0.6) is 0 Å². The lowest BCUT2D eigenvalue weighted by molar-refractivity contribution is -0.113. The number of hydrogen-bond acceptors (Lipinski definition) is 3. The van der Waals surface area contributed by atoms with E-state index in [1.165, 1.54) is 11.8 Å². The number of thioether (sulfide) groups is 1. The quantitative estimate of drug-likeness (QED) is 0.635. The molecule has 1 amide bonds. The first-order valence-corrected chi connectivity index (χ1v) is 10.1. The lowest BCUT2D eigenvalue weighted by Crippen LogP contribution is -2.15. The molecule has 0 aliphatic carbocycles. The maximum absolute atomic E-state index is 12.4. The Kier molecular flexibility index (Phi) is 5.92. The van der Waals surface area contributed by atoms with Gasteiger partial charge in [0.1, 0.15) is 0 Å². The highest BCUT2D eigenvalue weighted by molar-refractivity contribution is 7.99. The third-order valence-electron chi connectivity index (χ3n) is 4.30. The van der Waals surface area contributed by atoms with Crippen molar-refractivity contribution in [1.82, 2.24) is 4.98 Å². The van der Waals surface area contributed by atoms with Crippen LogP contribution in [0.4, 0.5) is 5.69 Å².